The number of nitrogens with zero attached hydrogens (tertiary/aromatic N) is 1. The molecule has 0 radical (unpaired) electrons. The van der Waals surface area contributed by atoms with E-state index in [1.54, 1.807) is 11.5 Å². The number of anilines is 1. The summed E-state index contributed by atoms with van der Waals surface area (Å²) in [5.74, 6) is -0.778. The summed E-state index contributed by atoms with van der Waals surface area (Å²) in [4.78, 5) is 26.0. The molecule has 0 saturated carbocycles. The van der Waals surface area contributed by atoms with Crippen LogP contribution in [0, 0.1) is 0 Å². The number of carbonyl (C=O) groups excluding carboxylic acids is 2. The van der Waals surface area contributed by atoms with Crippen LogP contribution in [-0.4, -0.2) is 57.9 Å². The molecule has 0 aliphatic carbocycles. The first-order valence-electron chi connectivity index (χ1n) is 15.3. The van der Waals surface area contributed by atoms with E-state index >= 15 is 0 Å². The zero-order valence-electron chi connectivity index (χ0n) is 25.0. The second kappa shape index (κ2) is 15.3. The SMILES string of the molecule is O=C(CCCC(=O)Nc1cccc([C@@H]2O[C@H](CN3CCC(O)(c4ccc(Cl)cc4)CC3)C[C@H](c3ccc(CO)cc3)O2)c1)NO. The van der Waals surface area contributed by atoms with Crippen molar-refractivity contribution in [2.75, 3.05) is 25.0 Å². The highest BCUT2D eigenvalue weighted by atomic mass is 35.5. The highest BCUT2D eigenvalue weighted by molar-refractivity contribution is 6.30. The van der Waals surface area contributed by atoms with Crippen LogP contribution >= 0.6 is 11.6 Å². The molecule has 2 heterocycles. The predicted molar refractivity (Wildman–Crippen MR) is 168 cm³/mol. The predicted octanol–water partition coefficient (Wildman–Crippen LogP) is 4.98. The van der Waals surface area contributed by atoms with Gasteiger partial charge >= 0.3 is 0 Å². The third-order valence-electron chi connectivity index (χ3n) is 8.52. The smallest absolute Gasteiger partial charge is 0.243 e. The molecule has 45 heavy (non-hydrogen) atoms. The van der Waals surface area contributed by atoms with Crippen LogP contribution in [0.5, 0.6) is 0 Å². The number of piperidine rings is 1. The molecule has 0 aromatic heterocycles. The summed E-state index contributed by atoms with van der Waals surface area (Å²) in [6.45, 7) is 2.05. The molecule has 5 rings (SSSR count). The van der Waals surface area contributed by atoms with E-state index in [2.05, 4.69) is 10.2 Å². The zero-order chi connectivity index (χ0) is 31.8. The van der Waals surface area contributed by atoms with E-state index < -0.39 is 17.8 Å². The van der Waals surface area contributed by atoms with Crippen LogP contribution in [0.1, 0.15) is 73.2 Å². The third kappa shape index (κ3) is 8.89. The van der Waals surface area contributed by atoms with Gasteiger partial charge in [0.15, 0.2) is 6.29 Å². The maximum Gasteiger partial charge on any atom is 0.243 e. The number of halogens is 1. The fraction of sp³-hybridized carbons (Fsp3) is 0.412. The van der Waals surface area contributed by atoms with Crippen molar-refractivity contribution in [3.05, 3.63) is 100 Å². The Kier molecular flexibility index (Phi) is 11.2. The van der Waals surface area contributed by atoms with Gasteiger partial charge in [0.1, 0.15) is 0 Å². The van der Waals surface area contributed by atoms with Crippen molar-refractivity contribution >= 4 is 29.1 Å². The molecule has 10 nitrogen and oxygen atoms in total. The van der Waals surface area contributed by atoms with E-state index in [-0.39, 0.29) is 37.6 Å². The van der Waals surface area contributed by atoms with Crippen LogP contribution < -0.4 is 10.8 Å². The Morgan fingerprint density at radius 1 is 0.933 bits per heavy atom. The van der Waals surface area contributed by atoms with Crippen molar-refractivity contribution in [1.29, 1.82) is 0 Å². The average Bonchev–Trinajstić information content (AvgIpc) is 3.06. The minimum Gasteiger partial charge on any atom is -0.392 e. The van der Waals surface area contributed by atoms with Crippen LogP contribution in [0.2, 0.25) is 5.02 Å². The number of amides is 2. The minimum atomic E-state index is -0.896. The van der Waals surface area contributed by atoms with E-state index in [1.165, 1.54) is 0 Å². The maximum atomic E-state index is 12.5. The molecule has 240 valence electrons. The first-order chi connectivity index (χ1) is 21.7. The van der Waals surface area contributed by atoms with Gasteiger partial charge < -0.3 is 29.9 Å². The molecule has 2 amide bonds. The monoisotopic (exact) mass is 637 g/mol. The number of hydroxylamine groups is 1. The summed E-state index contributed by atoms with van der Waals surface area (Å²) < 4.78 is 13.0. The van der Waals surface area contributed by atoms with E-state index in [1.807, 2.05) is 66.7 Å². The normalized spacial score (nSPS) is 21.6. The van der Waals surface area contributed by atoms with Gasteiger partial charge in [0.05, 0.1) is 24.4 Å². The molecule has 3 aromatic rings. The molecule has 0 bridgehead atoms. The van der Waals surface area contributed by atoms with Gasteiger partial charge in [-0.25, -0.2) is 5.48 Å². The van der Waals surface area contributed by atoms with Gasteiger partial charge in [-0.15, -0.1) is 0 Å². The van der Waals surface area contributed by atoms with Gasteiger partial charge in [-0.05, 0) is 60.2 Å². The van der Waals surface area contributed by atoms with Crippen molar-refractivity contribution in [2.24, 2.45) is 0 Å². The standard InChI is InChI=1S/C34H40ClN3O7/c35-27-13-11-26(12-14-27)34(42)15-17-38(18-16-34)21-29-20-30(24-9-7-23(22-39)8-10-24)45-33(44-29)25-3-1-4-28(19-25)36-31(40)5-2-6-32(41)37-43/h1,3-4,7-14,19,29-30,33,39,42-43H,2,5-6,15-18,20-22H2,(H,36,40)(H,37,41)/t29-,30+,33+/m0/s1. The highest BCUT2D eigenvalue weighted by Crippen LogP contribution is 2.40. The molecule has 2 fully saturated rings. The van der Waals surface area contributed by atoms with Gasteiger partial charge in [0.25, 0.3) is 0 Å². The number of nitrogens with one attached hydrogen (secondary N) is 2. The Balaban J connectivity index is 1.26. The van der Waals surface area contributed by atoms with Crippen molar-refractivity contribution in [3.8, 4) is 0 Å². The number of hydrogen-bond donors (Lipinski definition) is 5. The molecular formula is C34H40ClN3O7. The van der Waals surface area contributed by atoms with Crippen LogP contribution in [0.15, 0.2) is 72.8 Å². The number of carbonyl (C=O) groups is 2. The average molecular weight is 638 g/mol. The van der Waals surface area contributed by atoms with Crippen LogP contribution in [0.3, 0.4) is 0 Å². The number of hydrogen-bond acceptors (Lipinski definition) is 8. The number of ether oxygens (including phenoxy) is 2. The molecule has 0 unspecified atom stereocenters. The molecular weight excluding hydrogens is 598 g/mol. The number of aliphatic hydroxyl groups excluding tert-OH is 1. The Hall–Kier alpha value is -3.35. The molecule has 2 aliphatic heterocycles. The lowest BCUT2D eigenvalue weighted by Crippen LogP contribution is -2.46. The van der Waals surface area contributed by atoms with Crippen molar-refractivity contribution < 1.29 is 34.5 Å². The summed E-state index contributed by atoms with van der Waals surface area (Å²) in [6.07, 6.45) is 1.20. The lowest BCUT2D eigenvalue weighted by molar-refractivity contribution is -0.253. The Labute approximate surface area is 267 Å². The molecule has 2 aliphatic rings. The first-order valence-corrected chi connectivity index (χ1v) is 15.7. The maximum absolute atomic E-state index is 12.5. The Morgan fingerprint density at radius 3 is 2.33 bits per heavy atom. The fourth-order valence-electron chi connectivity index (χ4n) is 5.93. The molecule has 3 aromatic carbocycles. The second-order valence-electron chi connectivity index (χ2n) is 11.8. The van der Waals surface area contributed by atoms with E-state index in [0.717, 1.165) is 22.3 Å². The van der Waals surface area contributed by atoms with Gasteiger partial charge in [0, 0.05) is 55.2 Å². The number of likely N-dealkylation sites (tertiary alicyclic amines) is 1. The Morgan fingerprint density at radius 2 is 1.64 bits per heavy atom. The largest absolute Gasteiger partial charge is 0.392 e. The lowest BCUT2D eigenvalue weighted by Gasteiger charge is -2.42. The van der Waals surface area contributed by atoms with Crippen molar-refractivity contribution in [1.82, 2.24) is 10.4 Å². The first kappa shape index (κ1) is 33.0. The quantitative estimate of drug-likeness (QED) is 0.147. The summed E-state index contributed by atoms with van der Waals surface area (Å²) in [7, 11) is 0. The molecule has 11 heteroatoms. The second-order valence-corrected chi connectivity index (χ2v) is 12.2. The third-order valence-corrected chi connectivity index (χ3v) is 8.77. The fourth-order valence-corrected chi connectivity index (χ4v) is 6.05. The van der Waals surface area contributed by atoms with Crippen molar-refractivity contribution in [3.63, 3.8) is 0 Å². The summed E-state index contributed by atoms with van der Waals surface area (Å²) in [5, 5.41) is 33.0. The van der Waals surface area contributed by atoms with E-state index in [4.69, 9.17) is 26.3 Å². The van der Waals surface area contributed by atoms with Crippen molar-refractivity contribution in [2.45, 2.75) is 69.2 Å². The van der Waals surface area contributed by atoms with E-state index in [9.17, 15) is 19.8 Å². The van der Waals surface area contributed by atoms with Gasteiger partial charge in [-0.2, -0.15) is 0 Å². The van der Waals surface area contributed by atoms with Crippen LogP contribution in [-0.2, 0) is 31.3 Å². The van der Waals surface area contributed by atoms with Gasteiger partial charge in [-0.3, -0.25) is 14.8 Å². The topological polar surface area (TPSA) is 141 Å². The zero-order valence-corrected chi connectivity index (χ0v) is 25.8. The lowest BCUT2D eigenvalue weighted by atomic mass is 9.84. The number of aliphatic hydroxyl groups is 2. The van der Waals surface area contributed by atoms with Gasteiger partial charge in [0.2, 0.25) is 11.8 Å². The molecule has 2 saturated heterocycles. The Bertz CT molecular complexity index is 1430. The molecule has 5 N–H and O–H groups in total. The number of benzene rings is 3. The molecule has 0 spiro atoms. The molecule has 3 atom stereocenters. The minimum absolute atomic E-state index is 0.0371. The van der Waals surface area contributed by atoms with E-state index in [0.29, 0.717) is 56.0 Å². The summed E-state index contributed by atoms with van der Waals surface area (Å²) >= 11 is 6.06. The summed E-state index contributed by atoms with van der Waals surface area (Å²) in [6, 6.07) is 22.4. The number of rotatable bonds is 11. The summed E-state index contributed by atoms with van der Waals surface area (Å²) in [5.41, 5.74) is 4.69. The highest BCUT2D eigenvalue weighted by Gasteiger charge is 2.37. The van der Waals surface area contributed by atoms with Crippen LogP contribution in [0.4, 0.5) is 5.69 Å². The van der Waals surface area contributed by atoms with Gasteiger partial charge in [-0.1, -0.05) is 60.1 Å². The van der Waals surface area contributed by atoms with Crippen LogP contribution in [0.25, 0.3) is 0 Å².